The zero-order valence-electron chi connectivity index (χ0n) is 33.4. The van der Waals surface area contributed by atoms with Crippen molar-refractivity contribution in [2.75, 3.05) is 19.8 Å². The molecule has 50 heavy (non-hydrogen) atoms. The Bertz CT molecular complexity index is 801. The summed E-state index contributed by atoms with van der Waals surface area (Å²) in [6, 6.07) is 0. The van der Waals surface area contributed by atoms with E-state index in [0.717, 1.165) is 57.8 Å². The Morgan fingerprint density at radius 3 is 1.44 bits per heavy atom. The maximum Gasteiger partial charge on any atom is 0.306 e. The van der Waals surface area contributed by atoms with Crippen molar-refractivity contribution >= 4 is 11.9 Å². The summed E-state index contributed by atoms with van der Waals surface area (Å²) in [7, 11) is 0. The number of hydrogen-bond acceptors (Lipinski definition) is 5. The van der Waals surface area contributed by atoms with E-state index >= 15 is 0 Å². The zero-order chi connectivity index (χ0) is 36.4. The maximum atomic E-state index is 12.5. The standard InChI is InChI=1S/C45H82O5/c1-4-7-10-13-15-17-19-21-22-23-24-25-26-28-30-33-35-38-44(46)49-42-43(50-45(47)39-36-32-12-9-6-3)41-48-40-37-34-31-29-27-20-18-16-14-11-8-5-2/h14-17,21-22,43H,4-13,18-20,23-42H2,1-3H3/b16-14-,17-15-,22-21-. The highest BCUT2D eigenvalue weighted by Gasteiger charge is 2.17. The van der Waals surface area contributed by atoms with Gasteiger partial charge in [-0.2, -0.15) is 0 Å². The summed E-state index contributed by atoms with van der Waals surface area (Å²) in [5.41, 5.74) is 0. The molecule has 0 aromatic carbocycles. The second kappa shape index (κ2) is 41.5. The van der Waals surface area contributed by atoms with Crippen LogP contribution in [0.3, 0.4) is 0 Å². The number of unbranched alkanes of at least 4 members (excludes halogenated alkanes) is 22. The molecular weight excluding hydrogens is 620 g/mol. The molecule has 0 heterocycles. The summed E-state index contributed by atoms with van der Waals surface area (Å²) < 4.78 is 17.1. The minimum absolute atomic E-state index is 0.0803. The van der Waals surface area contributed by atoms with Crippen molar-refractivity contribution in [3.8, 4) is 0 Å². The summed E-state index contributed by atoms with van der Waals surface area (Å²) in [6.07, 6.45) is 47.3. The van der Waals surface area contributed by atoms with Crippen LogP contribution in [-0.2, 0) is 23.8 Å². The van der Waals surface area contributed by atoms with Gasteiger partial charge in [-0.3, -0.25) is 9.59 Å². The van der Waals surface area contributed by atoms with Gasteiger partial charge in [-0.15, -0.1) is 0 Å². The second-order valence-electron chi connectivity index (χ2n) is 14.2. The van der Waals surface area contributed by atoms with Crippen LogP contribution in [0.4, 0.5) is 0 Å². The Balaban J connectivity index is 4.07. The van der Waals surface area contributed by atoms with Gasteiger partial charge in [0.2, 0.25) is 0 Å². The normalized spacial score (nSPS) is 12.5. The molecule has 1 unspecified atom stereocenters. The first-order chi connectivity index (χ1) is 24.6. The van der Waals surface area contributed by atoms with E-state index in [9.17, 15) is 9.59 Å². The molecular formula is C45H82O5. The van der Waals surface area contributed by atoms with Gasteiger partial charge in [0.05, 0.1) is 6.61 Å². The molecule has 1 atom stereocenters. The lowest BCUT2D eigenvalue weighted by atomic mass is 10.1. The summed E-state index contributed by atoms with van der Waals surface area (Å²) in [5.74, 6) is -0.419. The molecule has 0 aromatic heterocycles. The van der Waals surface area contributed by atoms with Crippen LogP contribution in [-0.4, -0.2) is 37.9 Å². The van der Waals surface area contributed by atoms with E-state index in [0.29, 0.717) is 19.4 Å². The minimum Gasteiger partial charge on any atom is -0.462 e. The summed E-state index contributed by atoms with van der Waals surface area (Å²) in [6.45, 7) is 7.68. The molecule has 0 fully saturated rings. The Labute approximate surface area is 310 Å². The average Bonchev–Trinajstić information content (AvgIpc) is 3.11. The number of allylic oxidation sites excluding steroid dienone is 6. The van der Waals surface area contributed by atoms with Gasteiger partial charge < -0.3 is 14.2 Å². The van der Waals surface area contributed by atoms with Crippen molar-refractivity contribution in [1.82, 2.24) is 0 Å². The lowest BCUT2D eigenvalue weighted by Crippen LogP contribution is -2.30. The fourth-order valence-corrected chi connectivity index (χ4v) is 5.87. The van der Waals surface area contributed by atoms with Crippen LogP contribution in [0.2, 0.25) is 0 Å². The monoisotopic (exact) mass is 703 g/mol. The van der Waals surface area contributed by atoms with Crippen LogP contribution in [0.1, 0.15) is 213 Å². The molecule has 0 aliphatic heterocycles. The molecule has 0 aliphatic rings. The van der Waals surface area contributed by atoms with E-state index in [4.69, 9.17) is 14.2 Å². The van der Waals surface area contributed by atoms with Gasteiger partial charge >= 0.3 is 11.9 Å². The second-order valence-corrected chi connectivity index (χ2v) is 14.2. The first-order valence-electron chi connectivity index (χ1n) is 21.5. The smallest absolute Gasteiger partial charge is 0.306 e. The van der Waals surface area contributed by atoms with E-state index in [-0.39, 0.29) is 25.2 Å². The van der Waals surface area contributed by atoms with Crippen LogP contribution in [0.25, 0.3) is 0 Å². The van der Waals surface area contributed by atoms with Crippen molar-refractivity contribution in [1.29, 1.82) is 0 Å². The third kappa shape index (κ3) is 38.9. The minimum atomic E-state index is -0.533. The highest BCUT2D eigenvalue weighted by molar-refractivity contribution is 5.70. The Morgan fingerprint density at radius 1 is 0.440 bits per heavy atom. The number of carbonyl (C=O) groups is 2. The van der Waals surface area contributed by atoms with Gasteiger partial charge in [-0.05, 0) is 70.6 Å². The van der Waals surface area contributed by atoms with Crippen LogP contribution in [0.15, 0.2) is 36.5 Å². The van der Waals surface area contributed by atoms with Gasteiger partial charge in [0.15, 0.2) is 6.10 Å². The highest BCUT2D eigenvalue weighted by atomic mass is 16.6. The molecule has 0 rings (SSSR count). The largest absolute Gasteiger partial charge is 0.462 e. The predicted octanol–water partition coefficient (Wildman–Crippen LogP) is 13.9. The Hall–Kier alpha value is -1.88. The summed E-state index contributed by atoms with van der Waals surface area (Å²) in [5, 5.41) is 0. The zero-order valence-corrected chi connectivity index (χ0v) is 33.4. The lowest BCUT2D eigenvalue weighted by molar-refractivity contribution is -0.163. The van der Waals surface area contributed by atoms with Crippen LogP contribution in [0, 0.1) is 0 Å². The van der Waals surface area contributed by atoms with Crippen molar-refractivity contribution in [2.45, 2.75) is 219 Å². The Morgan fingerprint density at radius 2 is 0.860 bits per heavy atom. The quantitative estimate of drug-likeness (QED) is 0.0362. The number of esters is 2. The first-order valence-corrected chi connectivity index (χ1v) is 21.5. The average molecular weight is 703 g/mol. The van der Waals surface area contributed by atoms with Crippen LogP contribution < -0.4 is 0 Å². The molecule has 0 spiro atoms. The van der Waals surface area contributed by atoms with E-state index in [1.54, 1.807) is 0 Å². The molecule has 0 saturated carbocycles. The first kappa shape index (κ1) is 48.1. The fraction of sp³-hybridized carbons (Fsp3) is 0.822. The number of hydrogen-bond donors (Lipinski definition) is 0. The molecule has 0 aromatic rings. The fourth-order valence-electron chi connectivity index (χ4n) is 5.87. The molecule has 0 radical (unpaired) electrons. The van der Waals surface area contributed by atoms with Gasteiger partial charge in [0.25, 0.3) is 0 Å². The van der Waals surface area contributed by atoms with Gasteiger partial charge in [-0.1, -0.05) is 166 Å². The number of carbonyl (C=O) groups excluding carboxylic acids is 2. The highest BCUT2D eigenvalue weighted by Crippen LogP contribution is 2.13. The van der Waals surface area contributed by atoms with Gasteiger partial charge in [0, 0.05) is 19.4 Å². The number of ether oxygens (including phenoxy) is 3. The molecule has 5 nitrogen and oxygen atoms in total. The van der Waals surface area contributed by atoms with E-state index < -0.39 is 6.10 Å². The Kier molecular flexibility index (Phi) is 40.0. The number of rotatable bonds is 39. The molecule has 0 aliphatic carbocycles. The van der Waals surface area contributed by atoms with E-state index in [1.807, 2.05) is 0 Å². The van der Waals surface area contributed by atoms with Crippen molar-refractivity contribution in [2.24, 2.45) is 0 Å². The molecule has 0 amide bonds. The van der Waals surface area contributed by atoms with Crippen LogP contribution in [0.5, 0.6) is 0 Å². The molecule has 0 N–H and O–H groups in total. The van der Waals surface area contributed by atoms with Crippen molar-refractivity contribution in [3.63, 3.8) is 0 Å². The topological polar surface area (TPSA) is 61.8 Å². The summed E-state index contributed by atoms with van der Waals surface area (Å²) in [4.78, 5) is 24.9. The SMILES string of the molecule is CCCC/C=C\CCCCCCCCOCC(COC(=O)CCCCCCCCC/C=C\C/C=C\CCCCC)OC(=O)CCCCCCC. The molecule has 0 saturated heterocycles. The van der Waals surface area contributed by atoms with E-state index in [1.165, 1.54) is 122 Å². The predicted molar refractivity (Wildman–Crippen MR) is 215 cm³/mol. The third-order valence-corrected chi connectivity index (χ3v) is 9.15. The van der Waals surface area contributed by atoms with E-state index in [2.05, 4.69) is 57.2 Å². The van der Waals surface area contributed by atoms with Gasteiger partial charge in [-0.25, -0.2) is 0 Å². The van der Waals surface area contributed by atoms with Crippen molar-refractivity contribution in [3.05, 3.63) is 36.5 Å². The van der Waals surface area contributed by atoms with Gasteiger partial charge in [0.1, 0.15) is 6.61 Å². The summed E-state index contributed by atoms with van der Waals surface area (Å²) >= 11 is 0. The molecule has 292 valence electrons. The van der Waals surface area contributed by atoms with Crippen LogP contribution >= 0.6 is 0 Å². The molecule has 5 heteroatoms. The maximum absolute atomic E-state index is 12.5. The van der Waals surface area contributed by atoms with Crippen molar-refractivity contribution < 1.29 is 23.8 Å². The molecule has 0 bridgehead atoms. The lowest BCUT2D eigenvalue weighted by Gasteiger charge is -2.18. The third-order valence-electron chi connectivity index (χ3n) is 9.15.